The van der Waals surface area contributed by atoms with Crippen LogP contribution in [-0.2, 0) is 22.7 Å². The molecule has 3 aromatic rings. The SMILES string of the molecule is CCCn1nc(C(=O)NNS(=O)(=O)c2ccc(Cl)c(C(F)(F)F)c2)c2ccccc2c1=O. The van der Waals surface area contributed by atoms with Gasteiger partial charge in [-0.3, -0.25) is 15.0 Å². The second-order valence-corrected chi connectivity index (χ2v) is 8.71. The van der Waals surface area contributed by atoms with Gasteiger partial charge in [0.1, 0.15) is 0 Å². The number of halogens is 4. The first-order chi connectivity index (χ1) is 15.0. The number of nitrogens with one attached hydrogen (secondary N) is 2. The zero-order valence-corrected chi connectivity index (χ0v) is 18.0. The Labute approximate surface area is 185 Å². The second-order valence-electron chi connectivity index (χ2n) is 6.62. The third kappa shape index (κ3) is 4.76. The van der Waals surface area contributed by atoms with E-state index >= 15 is 0 Å². The van der Waals surface area contributed by atoms with E-state index in [4.69, 9.17) is 11.6 Å². The zero-order chi connectivity index (χ0) is 23.7. The normalized spacial score (nSPS) is 12.2. The molecule has 8 nitrogen and oxygen atoms in total. The molecule has 0 saturated carbocycles. The molecule has 1 aromatic heterocycles. The van der Waals surface area contributed by atoms with Gasteiger partial charge in [-0.05, 0) is 30.7 Å². The number of hydrogen-bond donors (Lipinski definition) is 2. The fourth-order valence-electron chi connectivity index (χ4n) is 2.89. The molecule has 13 heteroatoms. The number of amides is 1. The summed E-state index contributed by atoms with van der Waals surface area (Å²) in [6, 6.07) is 8.14. The Kier molecular flexibility index (Phi) is 6.58. The third-order valence-electron chi connectivity index (χ3n) is 4.37. The number of alkyl halides is 3. The summed E-state index contributed by atoms with van der Waals surface area (Å²) in [5.74, 6) is -1.00. The molecule has 3 rings (SSSR count). The maximum atomic E-state index is 13.0. The van der Waals surface area contributed by atoms with Gasteiger partial charge in [-0.2, -0.15) is 18.3 Å². The first-order valence-electron chi connectivity index (χ1n) is 9.14. The lowest BCUT2D eigenvalue weighted by Crippen LogP contribution is -2.42. The molecule has 0 aliphatic carbocycles. The molecule has 0 fully saturated rings. The van der Waals surface area contributed by atoms with Gasteiger partial charge in [0, 0.05) is 11.9 Å². The zero-order valence-electron chi connectivity index (χ0n) is 16.4. The van der Waals surface area contributed by atoms with E-state index in [1.807, 2.05) is 5.43 Å². The molecular weight excluding hydrogens is 473 g/mol. The highest BCUT2D eigenvalue weighted by Gasteiger charge is 2.34. The van der Waals surface area contributed by atoms with Crippen molar-refractivity contribution in [2.24, 2.45) is 0 Å². The van der Waals surface area contributed by atoms with Crippen molar-refractivity contribution in [3.8, 4) is 0 Å². The molecule has 1 heterocycles. The van der Waals surface area contributed by atoms with Crippen LogP contribution in [0.1, 0.15) is 29.4 Å². The van der Waals surface area contributed by atoms with Crippen LogP contribution < -0.4 is 15.8 Å². The highest BCUT2D eigenvalue weighted by molar-refractivity contribution is 7.89. The Morgan fingerprint density at radius 3 is 2.44 bits per heavy atom. The van der Waals surface area contributed by atoms with Gasteiger partial charge in [-0.1, -0.05) is 36.7 Å². The molecule has 0 bridgehead atoms. The molecule has 0 unspecified atom stereocenters. The van der Waals surface area contributed by atoms with Crippen LogP contribution in [0.15, 0.2) is 52.2 Å². The standard InChI is InChI=1S/C19H16ClF3N4O4S/c1-2-9-27-18(29)13-6-4-3-5-12(13)16(25-27)17(28)24-26-32(30,31)11-7-8-15(20)14(10-11)19(21,22)23/h3-8,10,26H,2,9H2,1H3,(H,24,28). The number of carbonyl (C=O) groups is 1. The summed E-state index contributed by atoms with van der Waals surface area (Å²) in [5, 5.41) is 3.73. The van der Waals surface area contributed by atoms with Gasteiger partial charge >= 0.3 is 6.18 Å². The van der Waals surface area contributed by atoms with Crippen LogP contribution in [0, 0.1) is 0 Å². The fourth-order valence-corrected chi connectivity index (χ4v) is 3.98. The molecular formula is C19H16ClF3N4O4S. The van der Waals surface area contributed by atoms with Gasteiger partial charge in [0.25, 0.3) is 21.5 Å². The molecule has 0 aliphatic rings. The Bertz CT molecular complexity index is 1360. The predicted molar refractivity (Wildman–Crippen MR) is 111 cm³/mol. The van der Waals surface area contributed by atoms with Crippen molar-refractivity contribution in [3.05, 3.63) is 69.1 Å². The van der Waals surface area contributed by atoms with Crippen LogP contribution in [0.3, 0.4) is 0 Å². The summed E-state index contributed by atoms with van der Waals surface area (Å²) >= 11 is 5.51. The number of carbonyl (C=O) groups excluding carboxylic acids is 1. The van der Waals surface area contributed by atoms with Crippen LogP contribution in [-0.4, -0.2) is 24.1 Å². The second kappa shape index (κ2) is 8.88. The van der Waals surface area contributed by atoms with Gasteiger partial charge < -0.3 is 0 Å². The number of fused-ring (bicyclic) bond motifs is 1. The summed E-state index contributed by atoms with van der Waals surface area (Å²) in [5.41, 5.74) is -0.0669. The molecule has 170 valence electrons. The van der Waals surface area contributed by atoms with Gasteiger partial charge in [0.05, 0.1) is 20.9 Å². The van der Waals surface area contributed by atoms with Crippen molar-refractivity contribution in [3.63, 3.8) is 0 Å². The minimum atomic E-state index is -4.87. The lowest BCUT2D eigenvalue weighted by molar-refractivity contribution is -0.137. The summed E-state index contributed by atoms with van der Waals surface area (Å²) < 4.78 is 65.0. The summed E-state index contributed by atoms with van der Waals surface area (Å²) in [4.78, 5) is 26.1. The summed E-state index contributed by atoms with van der Waals surface area (Å²) in [6.07, 6.45) is -4.32. The van der Waals surface area contributed by atoms with E-state index in [9.17, 15) is 31.2 Å². The molecule has 2 aromatic carbocycles. The van der Waals surface area contributed by atoms with Crippen molar-refractivity contribution in [1.29, 1.82) is 0 Å². The van der Waals surface area contributed by atoms with Crippen molar-refractivity contribution < 1.29 is 26.4 Å². The van der Waals surface area contributed by atoms with Crippen molar-refractivity contribution in [2.45, 2.75) is 31.0 Å². The maximum absolute atomic E-state index is 13.0. The van der Waals surface area contributed by atoms with Crippen LogP contribution in [0.2, 0.25) is 5.02 Å². The van der Waals surface area contributed by atoms with Crippen LogP contribution in [0.5, 0.6) is 0 Å². The van der Waals surface area contributed by atoms with E-state index in [1.54, 1.807) is 23.9 Å². The topological polar surface area (TPSA) is 110 Å². The van der Waals surface area contributed by atoms with E-state index in [2.05, 4.69) is 5.10 Å². The number of nitrogens with zero attached hydrogens (tertiary/aromatic N) is 2. The smallest absolute Gasteiger partial charge is 0.272 e. The first kappa shape index (κ1) is 23.7. The average molecular weight is 489 g/mol. The number of aryl methyl sites for hydroxylation is 1. The first-order valence-corrected chi connectivity index (χ1v) is 11.0. The largest absolute Gasteiger partial charge is 0.417 e. The fraction of sp³-hybridized carbons (Fsp3) is 0.211. The molecule has 2 N–H and O–H groups in total. The molecule has 0 saturated heterocycles. The Morgan fingerprint density at radius 2 is 1.81 bits per heavy atom. The van der Waals surface area contributed by atoms with Crippen molar-refractivity contribution in [2.75, 3.05) is 0 Å². The van der Waals surface area contributed by atoms with Crippen LogP contribution in [0.4, 0.5) is 13.2 Å². The van der Waals surface area contributed by atoms with Crippen molar-refractivity contribution in [1.82, 2.24) is 20.0 Å². The molecule has 1 amide bonds. The van der Waals surface area contributed by atoms with Gasteiger partial charge in [-0.15, -0.1) is 4.83 Å². The monoisotopic (exact) mass is 488 g/mol. The van der Waals surface area contributed by atoms with E-state index in [0.717, 1.165) is 16.8 Å². The van der Waals surface area contributed by atoms with Gasteiger partial charge in [0.15, 0.2) is 5.69 Å². The Balaban J connectivity index is 1.93. The minimum absolute atomic E-state index is 0.187. The number of rotatable bonds is 6. The van der Waals surface area contributed by atoms with E-state index in [-0.39, 0.29) is 23.0 Å². The lowest BCUT2D eigenvalue weighted by atomic mass is 10.1. The van der Waals surface area contributed by atoms with Crippen molar-refractivity contribution >= 4 is 38.3 Å². The van der Waals surface area contributed by atoms with Crippen LogP contribution >= 0.6 is 11.6 Å². The third-order valence-corrected chi connectivity index (χ3v) is 5.95. The number of aromatic nitrogens is 2. The predicted octanol–water partition coefficient (Wildman–Crippen LogP) is 3.10. The molecule has 0 radical (unpaired) electrons. The summed E-state index contributed by atoms with van der Waals surface area (Å²) in [6.45, 7) is 2.03. The molecule has 0 spiro atoms. The molecule has 0 aliphatic heterocycles. The Morgan fingerprint density at radius 1 is 1.16 bits per heavy atom. The number of sulfonamides is 1. The van der Waals surface area contributed by atoms with Gasteiger partial charge in [0.2, 0.25) is 0 Å². The number of benzene rings is 2. The quantitative estimate of drug-likeness (QED) is 0.518. The van der Waals surface area contributed by atoms with Crippen LogP contribution in [0.25, 0.3) is 10.8 Å². The summed E-state index contributed by atoms with van der Waals surface area (Å²) in [7, 11) is -4.58. The van der Waals surface area contributed by atoms with E-state index in [0.29, 0.717) is 12.5 Å². The lowest BCUT2D eigenvalue weighted by Gasteiger charge is -2.13. The molecule has 32 heavy (non-hydrogen) atoms. The maximum Gasteiger partial charge on any atom is 0.417 e. The number of hydrazine groups is 1. The highest BCUT2D eigenvalue weighted by atomic mass is 35.5. The van der Waals surface area contributed by atoms with E-state index < -0.39 is 43.1 Å². The Hall–Kier alpha value is -2.96. The van der Waals surface area contributed by atoms with Gasteiger partial charge in [-0.25, -0.2) is 13.1 Å². The minimum Gasteiger partial charge on any atom is -0.272 e. The van der Waals surface area contributed by atoms with E-state index in [1.165, 1.54) is 12.1 Å². The highest BCUT2D eigenvalue weighted by Crippen LogP contribution is 2.35. The molecule has 0 atom stereocenters. The average Bonchev–Trinajstić information content (AvgIpc) is 2.73. The number of hydrogen-bond acceptors (Lipinski definition) is 5.